The van der Waals surface area contributed by atoms with E-state index >= 15 is 0 Å². The van der Waals surface area contributed by atoms with E-state index in [1.54, 1.807) is 6.07 Å². The number of esters is 1. The Bertz CT molecular complexity index is 458. The minimum Gasteiger partial charge on any atom is -0.489 e. The molecule has 0 radical (unpaired) electrons. The second-order valence-corrected chi connectivity index (χ2v) is 4.65. The van der Waals surface area contributed by atoms with Crippen molar-refractivity contribution in [2.75, 3.05) is 0 Å². The number of benzene rings is 1. The van der Waals surface area contributed by atoms with Crippen molar-refractivity contribution in [3.63, 3.8) is 0 Å². The van der Waals surface area contributed by atoms with Crippen LogP contribution in [-0.4, -0.2) is 18.1 Å². The molecule has 1 fully saturated rings. The molecule has 90 valence electrons. The first-order chi connectivity index (χ1) is 8.24. The lowest BCUT2D eigenvalue weighted by atomic mass is 10.1. The van der Waals surface area contributed by atoms with Crippen molar-refractivity contribution in [2.24, 2.45) is 5.73 Å². The molecule has 0 unspecified atom stereocenters. The van der Waals surface area contributed by atoms with Crippen LogP contribution >= 0.6 is 0 Å². The molecule has 4 nitrogen and oxygen atoms in total. The van der Waals surface area contributed by atoms with Crippen LogP contribution in [0.2, 0.25) is 0 Å². The molecule has 2 atom stereocenters. The molecule has 1 aromatic carbocycles. The van der Waals surface area contributed by atoms with Crippen LogP contribution in [0.25, 0.3) is 0 Å². The van der Waals surface area contributed by atoms with Gasteiger partial charge in [-0.3, -0.25) is 0 Å². The summed E-state index contributed by atoms with van der Waals surface area (Å²) in [5.41, 5.74) is 7.51. The third-order valence-corrected chi connectivity index (χ3v) is 3.45. The van der Waals surface area contributed by atoms with Crippen LogP contribution in [0.3, 0.4) is 0 Å². The van der Waals surface area contributed by atoms with Gasteiger partial charge in [0.25, 0.3) is 0 Å². The number of nitrogens with two attached hydrogens (primary N) is 1. The number of hydrogen-bond donors (Lipinski definition) is 1. The summed E-state index contributed by atoms with van der Waals surface area (Å²) < 4.78 is 10.8. The van der Waals surface area contributed by atoms with Crippen molar-refractivity contribution in [3.8, 4) is 5.75 Å². The van der Waals surface area contributed by atoms with Crippen LogP contribution in [0.4, 0.5) is 0 Å². The first-order valence-corrected chi connectivity index (χ1v) is 5.96. The summed E-state index contributed by atoms with van der Waals surface area (Å²) in [6.45, 7) is 0.349. The van der Waals surface area contributed by atoms with Crippen LogP contribution in [0.5, 0.6) is 5.75 Å². The molecule has 0 spiro atoms. The number of fused-ring (bicyclic) bond motifs is 1. The quantitative estimate of drug-likeness (QED) is 0.788. The monoisotopic (exact) mass is 233 g/mol. The second kappa shape index (κ2) is 4.04. The fraction of sp³-hybridized carbons (Fsp3) is 0.462. The molecular weight excluding hydrogens is 218 g/mol. The molecule has 0 saturated heterocycles. The van der Waals surface area contributed by atoms with Gasteiger partial charge in [-0.2, -0.15) is 0 Å². The van der Waals surface area contributed by atoms with E-state index in [1.807, 2.05) is 12.1 Å². The number of carbonyl (C=O) groups excluding carboxylic acids is 1. The number of rotatable bonds is 2. The molecule has 0 bridgehead atoms. The van der Waals surface area contributed by atoms with Crippen LogP contribution in [0.15, 0.2) is 18.2 Å². The summed E-state index contributed by atoms with van der Waals surface area (Å²) in [7, 11) is 0. The average Bonchev–Trinajstić information content (AvgIpc) is 2.87. The summed E-state index contributed by atoms with van der Waals surface area (Å²) >= 11 is 0. The third kappa shape index (κ3) is 1.89. The average molecular weight is 233 g/mol. The van der Waals surface area contributed by atoms with Gasteiger partial charge in [0.2, 0.25) is 0 Å². The lowest BCUT2D eigenvalue weighted by Crippen LogP contribution is -2.33. The summed E-state index contributed by atoms with van der Waals surface area (Å²) in [5.74, 6) is 0.536. The summed E-state index contributed by atoms with van der Waals surface area (Å²) in [6.07, 6.45) is 3.26. The van der Waals surface area contributed by atoms with Gasteiger partial charge in [0.1, 0.15) is 18.5 Å². The SMILES string of the molecule is N[C@H]1CCC[C@@H]1Oc1ccc2c(c1)COC2=O. The first-order valence-electron chi connectivity index (χ1n) is 5.96. The Morgan fingerprint density at radius 3 is 3.00 bits per heavy atom. The minimum atomic E-state index is -0.246. The Morgan fingerprint density at radius 2 is 2.24 bits per heavy atom. The van der Waals surface area contributed by atoms with E-state index in [0.29, 0.717) is 12.2 Å². The zero-order valence-corrected chi connectivity index (χ0v) is 9.52. The molecule has 2 aliphatic rings. The number of hydrogen-bond acceptors (Lipinski definition) is 4. The van der Waals surface area contributed by atoms with E-state index in [4.69, 9.17) is 15.2 Å². The predicted octanol–water partition coefficient (Wildman–Crippen LogP) is 1.62. The topological polar surface area (TPSA) is 61.6 Å². The van der Waals surface area contributed by atoms with Gasteiger partial charge in [-0.05, 0) is 37.5 Å². The van der Waals surface area contributed by atoms with Crippen molar-refractivity contribution < 1.29 is 14.3 Å². The van der Waals surface area contributed by atoms with Crippen LogP contribution in [0, 0.1) is 0 Å². The van der Waals surface area contributed by atoms with Gasteiger partial charge in [0.05, 0.1) is 5.56 Å². The number of carbonyl (C=O) groups is 1. The Labute approximate surface area is 99.7 Å². The maximum atomic E-state index is 11.3. The molecule has 3 rings (SSSR count). The molecule has 17 heavy (non-hydrogen) atoms. The molecular formula is C13H15NO3. The molecule has 1 saturated carbocycles. The lowest BCUT2D eigenvalue weighted by molar-refractivity contribution is 0.0535. The van der Waals surface area contributed by atoms with Gasteiger partial charge in [-0.25, -0.2) is 4.79 Å². The Morgan fingerprint density at radius 1 is 1.35 bits per heavy atom. The summed E-state index contributed by atoms with van der Waals surface area (Å²) in [4.78, 5) is 11.3. The van der Waals surface area contributed by atoms with Crippen molar-refractivity contribution >= 4 is 5.97 Å². The van der Waals surface area contributed by atoms with Gasteiger partial charge in [-0.15, -0.1) is 0 Å². The van der Waals surface area contributed by atoms with E-state index in [2.05, 4.69) is 0 Å². The van der Waals surface area contributed by atoms with E-state index < -0.39 is 0 Å². The van der Waals surface area contributed by atoms with Gasteiger partial charge < -0.3 is 15.2 Å². The fourth-order valence-corrected chi connectivity index (χ4v) is 2.46. The minimum absolute atomic E-state index is 0.103. The molecule has 2 N–H and O–H groups in total. The van der Waals surface area contributed by atoms with Crippen molar-refractivity contribution in [1.82, 2.24) is 0 Å². The number of cyclic esters (lactones) is 1. The highest BCUT2D eigenvalue weighted by Gasteiger charge is 2.27. The first kappa shape index (κ1) is 10.6. The molecule has 1 aliphatic carbocycles. The maximum absolute atomic E-state index is 11.3. The smallest absolute Gasteiger partial charge is 0.338 e. The zero-order valence-electron chi connectivity index (χ0n) is 9.52. The van der Waals surface area contributed by atoms with Gasteiger partial charge >= 0.3 is 5.97 Å². The predicted molar refractivity (Wildman–Crippen MR) is 61.8 cm³/mol. The third-order valence-electron chi connectivity index (χ3n) is 3.45. The van der Waals surface area contributed by atoms with Crippen molar-refractivity contribution in [3.05, 3.63) is 29.3 Å². The van der Waals surface area contributed by atoms with E-state index in [-0.39, 0.29) is 18.1 Å². The van der Waals surface area contributed by atoms with E-state index in [0.717, 1.165) is 30.6 Å². The highest BCUT2D eigenvalue weighted by Crippen LogP contribution is 2.28. The molecule has 0 amide bonds. The maximum Gasteiger partial charge on any atom is 0.338 e. The second-order valence-electron chi connectivity index (χ2n) is 4.65. The van der Waals surface area contributed by atoms with Crippen molar-refractivity contribution in [1.29, 1.82) is 0 Å². The van der Waals surface area contributed by atoms with Crippen LogP contribution in [0.1, 0.15) is 35.2 Å². The summed E-state index contributed by atoms with van der Waals surface area (Å²) in [6, 6.07) is 5.59. The Kier molecular flexibility index (Phi) is 2.52. The number of ether oxygens (including phenoxy) is 2. The van der Waals surface area contributed by atoms with Crippen molar-refractivity contribution in [2.45, 2.75) is 38.0 Å². The normalized spacial score (nSPS) is 26.8. The van der Waals surface area contributed by atoms with Crippen LogP contribution in [-0.2, 0) is 11.3 Å². The highest BCUT2D eigenvalue weighted by molar-refractivity contribution is 5.93. The van der Waals surface area contributed by atoms with E-state index in [1.165, 1.54) is 0 Å². The highest BCUT2D eigenvalue weighted by atomic mass is 16.5. The molecule has 1 heterocycles. The summed E-state index contributed by atoms with van der Waals surface area (Å²) in [5, 5.41) is 0. The standard InChI is InChI=1S/C13H15NO3/c14-11-2-1-3-12(11)17-9-4-5-10-8(6-9)7-16-13(10)15/h4-6,11-12H,1-3,7,14H2/t11-,12-/m0/s1. The zero-order chi connectivity index (χ0) is 11.8. The Hall–Kier alpha value is -1.55. The largest absolute Gasteiger partial charge is 0.489 e. The molecule has 1 aliphatic heterocycles. The fourth-order valence-electron chi connectivity index (χ4n) is 2.46. The lowest BCUT2D eigenvalue weighted by Gasteiger charge is -2.18. The van der Waals surface area contributed by atoms with Gasteiger partial charge in [0.15, 0.2) is 0 Å². The van der Waals surface area contributed by atoms with Gasteiger partial charge in [-0.1, -0.05) is 0 Å². The molecule has 0 aromatic heterocycles. The molecule has 4 heteroatoms. The van der Waals surface area contributed by atoms with Gasteiger partial charge in [0, 0.05) is 11.6 Å². The van der Waals surface area contributed by atoms with Crippen LogP contribution < -0.4 is 10.5 Å². The Balaban J connectivity index is 1.78. The van der Waals surface area contributed by atoms with E-state index in [9.17, 15) is 4.79 Å². The molecule has 1 aromatic rings.